The van der Waals surface area contributed by atoms with Crippen LogP contribution in [0.15, 0.2) is 30.3 Å². The highest BCUT2D eigenvalue weighted by molar-refractivity contribution is 5.90. The van der Waals surface area contributed by atoms with Crippen molar-refractivity contribution in [3.63, 3.8) is 0 Å². The summed E-state index contributed by atoms with van der Waals surface area (Å²) in [7, 11) is 0. The van der Waals surface area contributed by atoms with Gasteiger partial charge in [0.05, 0.1) is 5.56 Å². The van der Waals surface area contributed by atoms with E-state index >= 15 is 0 Å². The molecule has 2 aromatic rings. The average molecular weight is 390 g/mol. The van der Waals surface area contributed by atoms with E-state index in [0.29, 0.717) is 13.3 Å². The van der Waals surface area contributed by atoms with Crippen molar-refractivity contribution in [2.24, 2.45) is 0 Å². The number of carbonyl (C=O) groups is 1. The normalized spacial score (nSPS) is 13.9. The van der Waals surface area contributed by atoms with Crippen LogP contribution in [0.2, 0.25) is 0 Å². The summed E-state index contributed by atoms with van der Waals surface area (Å²) < 4.78 is 40.3. The fourth-order valence-corrected chi connectivity index (χ4v) is 3.52. The number of amides is 1. The van der Waals surface area contributed by atoms with Gasteiger partial charge in [-0.25, -0.2) is 13.2 Å². The Bertz CT molecular complexity index is 846. The highest BCUT2D eigenvalue weighted by Crippen LogP contribution is 2.31. The van der Waals surface area contributed by atoms with Gasteiger partial charge in [0, 0.05) is 30.4 Å². The van der Waals surface area contributed by atoms with Gasteiger partial charge in [0.1, 0.15) is 5.82 Å². The number of unbranched alkanes of at least 4 members (excludes halogenated alkanes) is 1. The molecular weight excluding hydrogens is 365 g/mol. The maximum absolute atomic E-state index is 13.5. The van der Waals surface area contributed by atoms with Crippen LogP contribution < -0.4 is 5.32 Å². The number of halogens is 3. The minimum Gasteiger partial charge on any atom is -0.326 e. The Morgan fingerprint density at radius 3 is 2.71 bits per heavy atom. The van der Waals surface area contributed by atoms with Crippen molar-refractivity contribution in [1.29, 1.82) is 0 Å². The Labute approximate surface area is 163 Å². The first-order valence-corrected chi connectivity index (χ1v) is 9.78. The first-order chi connectivity index (χ1) is 13.3. The summed E-state index contributed by atoms with van der Waals surface area (Å²) >= 11 is 0. The van der Waals surface area contributed by atoms with Crippen molar-refractivity contribution < 1.29 is 18.0 Å². The zero-order valence-electron chi connectivity index (χ0n) is 16.0. The minimum absolute atomic E-state index is 0.180. The summed E-state index contributed by atoms with van der Waals surface area (Å²) in [5.74, 6) is -4.55. The van der Waals surface area contributed by atoms with Crippen LogP contribution in [0.1, 0.15) is 61.5 Å². The molecule has 1 aliphatic rings. The number of rotatable bonds is 7. The number of nitrogens with one attached hydrogen (secondary N) is 1. The fraction of sp³-hybridized carbons (Fsp3) is 0.455. The molecule has 0 saturated heterocycles. The lowest BCUT2D eigenvalue weighted by Crippen LogP contribution is -2.14. The molecule has 0 saturated carbocycles. The van der Waals surface area contributed by atoms with Crippen molar-refractivity contribution >= 4 is 11.6 Å². The van der Waals surface area contributed by atoms with E-state index < -0.39 is 17.3 Å². The second-order valence-corrected chi connectivity index (χ2v) is 7.45. The van der Waals surface area contributed by atoms with E-state index in [9.17, 15) is 18.0 Å². The van der Waals surface area contributed by atoms with Crippen molar-refractivity contribution in [1.82, 2.24) is 4.98 Å². The highest BCUT2D eigenvalue weighted by atomic mass is 19.3. The molecule has 1 heterocycles. The molecule has 0 atom stereocenters. The molecule has 150 valence electrons. The Morgan fingerprint density at radius 2 is 1.93 bits per heavy atom. The van der Waals surface area contributed by atoms with Crippen LogP contribution in [0, 0.1) is 5.82 Å². The molecule has 6 heteroatoms. The molecule has 0 radical (unpaired) electrons. The van der Waals surface area contributed by atoms with E-state index in [1.54, 1.807) is 0 Å². The Balaban J connectivity index is 1.46. The Morgan fingerprint density at radius 1 is 1.14 bits per heavy atom. The van der Waals surface area contributed by atoms with Gasteiger partial charge >= 0.3 is 0 Å². The third-order valence-electron chi connectivity index (χ3n) is 5.05. The lowest BCUT2D eigenvalue weighted by atomic mass is 9.95. The SMILES string of the molecule is CC(F)(F)c1cc(NC(=O)CCCCc2ccc3c(n2)CCCC3)ccc1F. The number of nitrogens with zero attached hydrogens (tertiary/aromatic N) is 1. The molecule has 0 spiro atoms. The number of hydrogen-bond acceptors (Lipinski definition) is 2. The predicted molar refractivity (Wildman–Crippen MR) is 103 cm³/mol. The molecule has 28 heavy (non-hydrogen) atoms. The van der Waals surface area contributed by atoms with Gasteiger partial charge in [-0.15, -0.1) is 0 Å². The first-order valence-electron chi connectivity index (χ1n) is 9.78. The summed E-state index contributed by atoms with van der Waals surface area (Å²) in [5, 5.41) is 2.57. The molecule has 1 amide bonds. The van der Waals surface area contributed by atoms with Crippen molar-refractivity contribution in [3.8, 4) is 0 Å². The molecule has 0 unspecified atom stereocenters. The molecule has 0 aliphatic heterocycles. The monoisotopic (exact) mass is 390 g/mol. The maximum Gasteiger partial charge on any atom is 0.273 e. The minimum atomic E-state index is -3.30. The Kier molecular flexibility index (Phi) is 6.37. The molecule has 1 aliphatic carbocycles. The third-order valence-corrected chi connectivity index (χ3v) is 5.05. The number of fused-ring (bicyclic) bond motifs is 1. The summed E-state index contributed by atoms with van der Waals surface area (Å²) in [6.45, 7) is 0.631. The predicted octanol–water partition coefficient (Wildman–Crippen LogP) is 5.56. The molecule has 3 rings (SSSR count). The van der Waals surface area contributed by atoms with E-state index in [1.165, 1.54) is 30.2 Å². The largest absolute Gasteiger partial charge is 0.326 e. The summed E-state index contributed by atoms with van der Waals surface area (Å²) in [6, 6.07) is 7.46. The number of pyridine rings is 1. The maximum atomic E-state index is 13.5. The van der Waals surface area contributed by atoms with Crippen LogP contribution in [0.3, 0.4) is 0 Å². The zero-order chi connectivity index (χ0) is 20.1. The average Bonchev–Trinajstić information content (AvgIpc) is 2.66. The fourth-order valence-electron chi connectivity index (χ4n) is 3.52. The Hall–Kier alpha value is -2.37. The summed E-state index contributed by atoms with van der Waals surface area (Å²) in [5.41, 5.74) is 3.07. The number of carbonyl (C=O) groups excluding carboxylic acids is 1. The molecule has 3 nitrogen and oxygen atoms in total. The van der Waals surface area contributed by atoms with Crippen LogP contribution in [0.4, 0.5) is 18.9 Å². The lowest BCUT2D eigenvalue weighted by Gasteiger charge is -2.15. The smallest absolute Gasteiger partial charge is 0.273 e. The first kappa shape index (κ1) is 20.4. The number of anilines is 1. The topological polar surface area (TPSA) is 42.0 Å². The van der Waals surface area contributed by atoms with Crippen LogP contribution >= 0.6 is 0 Å². The van der Waals surface area contributed by atoms with E-state index in [-0.39, 0.29) is 18.0 Å². The van der Waals surface area contributed by atoms with Gasteiger partial charge in [0.2, 0.25) is 5.91 Å². The third kappa shape index (κ3) is 5.33. The van der Waals surface area contributed by atoms with Gasteiger partial charge in [0.25, 0.3) is 5.92 Å². The van der Waals surface area contributed by atoms with Crippen LogP contribution in [0.5, 0.6) is 0 Å². The highest BCUT2D eigenvalue weighted by Gasteiger charge is 2.28. The molecular formula is C22H25F3N2O. The quantitative estimate of drug-likeness (QED) is 0.629. The molecule has 0 bridgehead atoms. The number of aryl methyl sites for hydroxylation is 3. The van der Waals surface area contributed by atoms with E-state index in [4.69, 9.17) is 4.98 Å². The van der Waals surface area contributed by atoms with Crippen molar-refractivity contribution in [2.45, 2.75) is 64.2 Å². The van der Waals surface area contributed by atoms with Gasteiger partial charge in [-0.2, -0.15) is 0 Å². The van der Waals surface area contributed by atoms with Crippen LogP contribution in [-0.2, 0) is 30.0 Å². The van der Waals surface area contributed by atoms with Crippen molar-refractivity contribution in [3.05, 3.63) is 58.7 Å². The number of alkyl halides is 2. The molecule has 1 aromatic heterocycles. The number of benzene rings is 1. The number of aromatic nitrogens is 1. The van der Waals surface area contributed by atoms with E-state index in [1.807, 2.05) is 0 Å². The second-order valence-electron chi connectivity index (χ2n) is 7.45. The van der Waals surface area contributed by atoms with Gasteiger partial charge in [-0.1, -0.05) is 6.07 Å². The second kappa shape index (κ2) is 8.76. The molecule has 1 aromatic carbocycles. The molecule has 1 N–H and O–H groups in total. The van der Waals surface area contributed by atoms with Crippen LogP contribution in [0.25, 0.3) is 0 Å². The van der Waals surface area contributed by atoms with Crippen LogP contribution in [-0.4, -0.2) is 10.9 Å². The standard InChI is InChI=1S/C22H25F3N2O/c1-22(24,25)18-14-17(12-13-19(18)23)27-21(28)9-5-3-7-16-11-10-15-6-2-4-8-20(15)26-16/h10-14H,2-9H2,1H3,(H,27,28). The summed E-state index contributed by atoms with van der Waals surface area (Å²) in [6.07, 6.45) is 7.15. The lowest BCUT2D eigenvalue weighted by molar-refractivity contribution is -0.116. The van der Waals surface area contributed by atoms with Gasteiger partial charge in [-0.3, -0.25) is 9.78 Å². The summed E-state index contributed by atoms with van der Waals surface area (Å²) in [4.78, 5) is 16.8. The number of hydrogen-bond donors (Lipinski definition) is 1. The van der Waals surface area contributed by atoms with Crippen molar-refractivity contribution in [2.75, 3.05) is 5.32 Å². The van der Waals surface area contributed by atoms with Gasteiger partial charge in [0.15, 0.2) is 0 Å². The van der Waals surface area contributed by atoms with E-state index in [2.05, 4.69) is 17.4 Å². The zero-order valence-corrected chi connectivity index (χ0v) is 16.0. The van der Waals surface area contributed by atoms with Gasteiger partial charge in [-0.05, 0) is 74.8 Å². The van der Waals surface area contributed by atoms with Gasteiger partial charge < -0.3 is 5.32 Å². The molecule has 0 fully saturated rings. The van der Waals surface area contributed by atoms with E-state index in [0.717, 1.165) is 43.5 Å².